The van der Waals surface area contributed by atoms with E-state index in [-0.39, 0.29) is 0 Å². The van der Waals surface area contributed by atoms with Crippen molar-refractivity contribution in [2.24, 2.45) is 0 Å². The zero-order valence-electron chi connectivity index (χ0n) is 22.1. The molecule has 0 unspecified atom stereocenters. The fraction of sp³-hybridized carbons (Fsp3) is 0. The summed E-state index contributed by atoms with van der Waals surface area (Å²) in [4.78, 5) is 0. The summed E-state index contributed by atoms with van der Waals surface area (Å²) < 4.78 is 0. The van der Waals surface area contributed by atoms with Gasteiger partial charge in [-0.05, 0) is 94.9 Å². The third kappa shape index (κ3) is 3.40. The Hall–Kier alpha value is -4.64. The molecule has 0 saturated heterocycles. The third-order valence-corrected chi connectivity index (χ3v) is 12.0. The van der Waals surface area contributed by atoms with Crippen LogP contribution in [0.15, 0.2) is 152 Å². The van der Waals surface area contributed by atoms with Crippen LogP contribution in [0.5, 0.6) is 0 Å². The molecule has 0 saturated carbocycles. The first-order valence-electron chi connectivity index (χ1n) is 13.8. The fourth-order valence-electron chi connectivity index (χ4n) is 6.52. The van der Waals surface area contributed by atoms with Crippen LogP contribution in [0.4, 0.5) is 0 Å². The normalized spacial score (nSPS) is 12.1. The molecular formula is C39H27P. The minimum atomic E-state index is -2.38. The zero-order valence-corrected chi connectivity index (χ0v) is 23.0. The molecule has 0 heterocycles. The Morgan fingerprint density at radius 2 is 0.725 bits per heavy atom. The van der Waals surface area contributed by atoms with E-state index in [2.05, 4.69) is 152 Å². The molecule has 188 valence electrons. The summed E-state index contributed by atoms with van der Waals surface area (Å²) in [6.45, 7) is -2.38. The molecule has 0 aliphatic carbocycles. The van der Waals surface area contributed by atoms with Crippen molar-refractivity contribution >= 4 is 83.0 Å². The van der Waals surface area contributed by atoms with Crippen molar-refractivity contribution in [1.29, 1.82) is 0 Å². The Bertz CT molecular complexity index is 2180. The second kappa shape index (κ2) is 8.95. The fourth-order valence-corrected chi connectivity index (χ4v) is 9.96. The third-order valence-electron chi connectivity index (χ3n) is 8.49. The van der Waals surface area contributed by atoms with E-state index < -0.39 is 6.89 Å². The van der Waals surface area contributed by atoms with Gasteiger partial charge in [0.05, 0.1) is 0 Å². The van der Waals surface area contributed by atoms with E-state index in [4.69, 9.17) is 6.30 Å². The van der Waals surface area contributed by atoms with Crippen molar-refractivity contribution in [1.82, 2.24) is 0 Å². The molecule has 0 aromatic heterocycles. The molecule has 8 aromatic carbocycles. The second-order valence-electron chi connectivity index (χ2n) is 10.7. The van der Waals surface area contributed by atoms with Crippen LogP contribution in [0.3, 0.4) is 0 Å². The summed E-state index contributed by atoms with van der Waals surface area (Å²) in [7, 11) is 0. The van der Waals surface area contributed by atoms with Crippen molar-refractivity contribution in [2.45, 2.75) is 0 Å². The number of benzene rings is 8. The van der Waals surface area contributed by atoms with Crippen molar-refractivity contribution < 1.29 is 0 Å². The highest BCUT2D eigenvalue weighted by Crippen LogP contribution is 2.48. The van der Waals surface area contributed by atoms with Crippen LogP contribution >= 0.6 is 6.89 Å². The van der Waals surface area contributed by atoms with Gasteiger partial charge in [-0.2, -0.15) is 0 Å². The van der Waals surface area contributed by atoms with E-state index in [1.54, 1.807) is 0 Å². The van der Waals surface area contributed by atoms with Crippen LogP contribution in [0, 0.1) is 0 Å². The zero-order chi connectivity index (χ0) is 26.7. The molecule has 0 amide bonds. The van der Waals surface area contributed by atoms with Gasteiger partial charge in [-0.15, -0.1) is 0 Å². The summed E-state index contributed by atoms with van der Waals surface area (Å²) in [5.74, 6) is 0. The van der Waals surface area contributed by atoms with E-state index in [9.17, 15) is 0 Å². The van der Waals surface area contributed by atoms with Crippen molar-refractivity contribution in [3.63, 3.8) is 0 Å². The number of hydrogen-bond donors (Lipinski definition) is 0. The molecule has 0 radical (unpaired) electrons. The highest BCUT2D eigenvalue weighted by atomic mass is 31.2. The molecule has 0 atom stereocenters. The summed E-state index contributed by atoms with van der Waals surface area (Å²) in [5.41, 5.74) is 0. The number of fused-ring (bicyclic) bond motifs is 7. The van der Waals surface area contributed by atoms with Crippen LogP contribution in [-0.2, 0) is 0 Å². The lowest BCUT2D eigenvalue weighted by Crippen LogP contribution is -2.27. The lowest BCUT2D eigenvalue weighted by molar-refractivity contribution is 1.77. The molecule has 40 heavy (non-hydrogen) atoms. The maximum atomic E-state index is 5.31. The monoisotopic (exact) mass is 526 g/mol. The van der Waals surface area contributed by atoms with Gasteiger partial charge in [-0.3, -0.25) is 0 Å². The first kappa shape index (κ1) is 23.3. The molecule has 8 rings (SSSR count). The molecule has 0 fully saturated rings. The maximum Gasteiger partial charge on any atom is -0.00808 e. The van der Waals surface area contributed by atoms with Crippen molar-refractivity contribution in [2.75, 3.05) is 0 Å². The summed E-state index contributed by atoms with van der Waals surface area (Å²) >= 11 is 0. The molecule has 0 aliphatic heterocycles. The molecule has 1 heteroatoms. The van der Waals surface area contributed by atoms with Crippen LogP contribution < -0.4 is 15.9 Å². The average Bonchev–Trinajstić information content (AvgIpc) is 3.03. The van der Waals surface area contributed by atoms with Gasteiger partial charge in [0.1, 0.15) is 0 Å². The smallest absolute Gasteiger partial charge is 0.00808 e. The van der Waals surface area contributed by atoms with E-state index in [1.807, 2.05) is 0 Å². The van der Waals surface area contributed by atoms with Gasteiger partial charge >= 0.3 is 0 Å². The highest BCUT2D eigenvalue weighted by molar-refractivity contribution is 7.94. The van der Waals surface area contributed by atoms with Crippen LogP contribution in [-0.4, -0.2) is 6.30 Å². The second-order valence-corrected chi connectivity index (χ2v) is 13.8. The van der Waals surface area contributed by atoms with Gasteiger partial charge in [0, 0.05) is 0 Å². The minimum Gasteiger partial charge on any atom is -0.0886 e. The largest absolute Gasteiger partial charge is 0.0886 e. The highest BCUT2D eigenvalue weighted by Gasteiger charge is 2.28. The molecule has 0 aliphatic rings. The Morgan fingerprint density at radius 3 is 1.25 bits per heavy atom. The van der Waals surface area contributed by atoms with E-state index in [0.29, 0.717) is 0 Å². The van der Waals surface area contributed by atoms with Gasteiger partial charge in [-0.1, -0.05) is 140 Å². The molecule has 0 spiro atoms. The summed E-state index contributed by atoms with van der Waals surface area (Å²) in [6.07, 6.45) is 5.31. The molecule has 0 bridgehead atoms. The first-order valence-corrected chi connectivity index (χ1v) is 15.7. The van der Waals surface area contributed by atoms with Crippen molar-refractivity contribution in [3.05, 3.63) is 152 Å². The Balaban J connectivity index is 1.59. The van der Waals surface area contributed by atoms with Crippen molar-refractivity contribution in [3.8, 4) is 0 Å². The van der Waals surface area contributed by atoms with Gasteiger partial charge in [-0.25, -0.2) is 0 Å². The lowest BCUT2D eigenvalue weighted by Gasteiger charge is -2.30. The molecule has 8 aromatic rings. The summed E-state index contributed by atoms with van der Waals surface area (Å²) in [6, 6.07) is 55.8. The average molecular weight is 527 g/mol. The van der Waals surface area contributed by atoms with E-state index in [1.165, 1.54) is 69.8 Å². The Kier molecular flexibility index (Phi) is 5.21. The number of hydrogen-bond acceptors (Lipinski definition) is 0. The molecular weight excluding hydrogens is 499 g/mol. The van der Waals surface area contributed by atoms with E-state index in [0.717, 1.165) is 0 Å². The minimum absolute atomic E-state index is 1.25. The quantitative estimate of drug-likeness (QED) is 0.159. The molecule has 0 nitrogen and oxygen atoms in total. The topological polar surface area (TPSA) is 0 Å². The van der Waals surface area contributed by atoms with Crippen LogP contribution in [0.2, 0.25) is 0 Å². The number of rotatable bonds is 3. The van der Waals surface area contributed by atoms with Crippen LogP contribution in [0.25, 0.3) is 53.9 Å². The molecule has 0 N–H and O–H groups in total. The van der Waals surface area contributed by atoms with Gasteiger partial charge in [0.2, 0.25) is 0 Å². The lowest BCUT2D eigenvalue weighted by atomic mass is 10.0. The Labute approximate surface area is 234 Å². The predicted molar refractivity (Wildman–Crippen MR) is 180 cm³/mol. The van der Waals surface area contributed by atoms with Gasteiger partial charge in [0.25, 0.3) is 0 Å². The van der Waals surface area contributed by atoms with Gasteiger partial charge in [0.15, 0.2) is 0 Å². The predicted octanol–water partition coefficient (Wildman–Crippen LogP) is 9.18. The standard InChI is InChI=1S/C39H27P/c1-40(31-23-22-27-12-2-3-13-28(27)24-31,38-25-29-14-4-6-16-32(29)34-18-8-10-20-36(34)38)39-26-30-15-5-7-17-33(30)35-19-9-11-21-37(35)39/h2-26H,1H2. The van der Waals surface area contributed by atoms with Crippen LogP contribution in [0.1, 0.15) is 0 Å². The maximum absolute atomic E-state index is 5.31. The summed E-state index contributed by atoms with van der Waals surface area (Å²) in [5, 5.41) is 16.7. The Morgan fingerprint density at radius 1 is 0.325 bits per heavy atom. The SMILES string of the molecule is C=P(c1ccc2ccccc2c1)(c1cc2ccccc2c2ccccc12)c1cc2ccccc2c2ccccc12. The van der Waals surface area contributed by atoms with E-state index >= 15 is 0 Å². The first-order chi connectivity index (χ1) is 19.7. The van der Waals surface area contributed by atoms with Gasteiger partial charge < -0.3 is 0 Å².